The van der Waals surface area contributed by atoms with Gasteiger partial charge in [-0.2, -0.15) is 0 Å². The molecule has 0 bridgehead atoms. The monoisotopic (exact) mass is 488 g/mol. The molecule has 0 fully saturated rings. The molecule has 2 N–H and O–H groups in total. The second-order valence-electron chi connectivity index (χ2n) is 6.41. The lowest BCUT2D eigenvalue weighted by atomic mass is 10.2. The van der Waals surface area contributed by atoms with Crippen LogP contribution in [0.1, 0.15) is 16.8 Å². The number of ether oxygens (including phenoxy) is 1. The van der Waals surface area contributed by atoms with Gasteiger partial charge in [-0.3, -0.25) is 9.52 Å². The van der Waals surface area contributed by atoms with Gasteiger partial charge in [-0.05, 0) is 61.0 Å². The van der Waals surface area contributed by atoms with Crippen LogP contribution >= 0.6 is 15.9 Å². The molecule has 156 valence electrons. The first-order chi connectivity index (χ1) is 14.4. The Morgan fingerprint density at radius 1 is 0.933 bits per heavy atom. The third kappa shape index (κ3) is 6.33. The number of hydrogen-bond acceptors (Lipinski definition) is 4. The van der Waals surface area contributed by atoms with Gasteiger partial charge in [0, 0.05) is 22.3 Å². The Morgan fingerprint density at radius 3 is 2.40 bits per heavy atom. The summed E-state index contributed by atoms with van der Waals surface area (Å²) in [6.45, 7) is 0.928. The molecule has 0 aliphatic heterocycles. The molecule has 0 radical (unpaired) electrons. The number of carbonyl (C=O) groups is 1. The molecule has 0 aliphatic rings. The minimum absolute atomic E-state index is 0.138. The highest BCUT2D eigenvalue weighted by molar-refractivity contribution is 9.10. The van der Waals surface area contributed by atoms with E-state index in [1.807, 2.05) is 30.3 Å². The number of carbonyl (C=O) groups excluding carboxylic acids is 1. The molecule has 0 aromatic heterocycles. The van der Waals surface area contributed by atoms with Crippen LogP contribution in [0, 0.1) is 0 Å². The van der Waals surface area contributed by atoms with Gasteiger partial charge >= 0.3 is 0 Å². The largest absolute Gasteiger partial charge is 0.494 e. The molecule has 0 spiro atoms. The van der Waals surface area contributed by atoms with E-state index >= 15 is 0 Å². The van der Waals surface area contributed by atoms with Gasteiger partial charge in [0.25, 0.3) is 15.9 Å². The number of amides is 1. The minimum atomic E-state index is -3.74. The van der Waals surface area contributed by atoms with Gasteiger partial charge in [0.2, 0.25) is 0 Å². The first-order valence-corrected chi connectivity index (χ1v) is 11.6. The third-order valence-electron chi connectivity index (χ3n) is 4.12. The van der Waals surface area contributed by atoms with E-state index < -0.39 is 10.0 Å². The van der Waals surface area contributed by atoms with E-state index in [4.69, 9.17) is 4.74 Å². The topological polar surface area (TPSA) is 84.5 Å². The number of nitrogens with one attached hydrogen (secondary N) is 2. The van der Waals surface area contributed by atoms with Crippen LogP contribution < -0.4 is 14.8 Å². The number of rotatable bonds is 9. The molecule has 0 aliphatic carbocycles. The molecular formula is C22H21BrN2O4S. The van der Waals surface area contributed by atoms with Crippen LogP contribution in [0.25, 0.3) is 0 Å². The zero-order valence-corrected chi connectivity index (χ0v) is 18.4. The number of benzene rings is 3. The molecule has 1 amide bonds. The summed E-state index contributed by atoms with van der Waals surface area (Å²) in [5, 5.41) is 2.81. The van der Waals surface area contributed by atoms with Gasteiger partial charge in [0.1, 0.15) is 5.75 Å². The maximum Gasteiger partial charge on any atom is 0.261 e. The number of hydrogen-bond donors (Lipinski definition) is 2. The Hall–Kier alpha value is -2.84. The summed E-state index contributed by atoms with van der Waals surface area (Å²) in [4.78, 5) is 12.5. The summed E-state index contributed by atoms with van der Waals surface area (Å²) in [5.74, 6) is 0.508. The van der Waals surface area contributed by atoms with Crippen molar-refractivity contribution in [3.8, 4) is 5.75 Å². The van der Waals surface area contributed by atoms with E-state index in [1.165, 1.54) is 18.2 Å². The van der Waals surface area contributed by atoms with Crippen LogP contribution in [0.5, 0.6) is 5.75 Å². The van der Waals surface area contributed by atoms with Crippen LogP contribution in [-0.2, 0) is 10.0 Å². The zero-order valence-electron chi connectivity index (χ0n) is 16.0. The average Bonchev–Trinajstić information content (AvgIpc) is 2.74. The highest BCUT2D eigenvalue weighted by atomic mass is 79.9. The number of anilines is 1. The molecule has 0 saturated carbocycles. The van der Waals surface area contributed by atoms with E-state index in [0.717, 1.165) is 10.2 Å². The fraction of sp³-hybridized carbons (Fsp3) is 0.136. The smallest absolute Gasteiger partial charge is 0.261 e. The minimum Gasteiger partial charge on any atom is -0.494 e. The van der Waals surface area contributed by atoms with Crippen molar-refractivity contribution in [1.29, 1.82) is 0 Å². The van der Waals surface area contributed by atoms with Gasteiger partial charge < -0.3 is 10.1 Å². The maximum absolute atomic E-state index is 12.5. The zero-order chi connectivity index (χ0) is 21.4. The Bertz CT molecular complexity index is 1090. The van der Waals surface area contributed by atoms with E-state index in [2.05, 4.69) is 26.0 Å². The van der Waals surface area contributed by atoms with E-state index in [9.17, 15) is 13.2 Å². The van der Waals surface area contributed by atoms with Gasteiger partial charge in [0.05, 0.1) is 11.5 Å². The fourth-order valence-corrected chi connectivity index (χ4v) is 3.95. The van der Waals surface area contributed by atoms with Crippen LogP contribution in [0.15, 0.2) is 88.2 Å². The summed E-state index contributed by atoms with van der Waals surface area (Å²) in [6, 6.07) is 22.1. The van der Waals surface area contributed by atoms with Gasteiger partial charge in [-0.1, -0.05) is 40.2 Å². The summed E-state index contributed by atoms with van der Waals surface area (Å²) >= 11 is 3.28. The van der Waals surface area contributed by atoms with E-state index in [0.29, 0.717) is 30.8 Å². The summed E-state index contributed by atoms with van der Waals surface area (Å²) in [7, 11) is -3.74. The predicted octanol–water partition coefficient (Wildman–Crippen LogP) is 4.45. The first kappa shape index (κ1) is 21.9. The number of para-hydroxylation sites is 1. The standard InChI is InChI=1S/C22H21BrN2O4S/c23-18-10-12-21(13-11-18)30(27,28)25-19-7-4-6-17(16-19)22(26)24-14-5-15-29-20-8-2-1-3-9-20/h1-4,6-13,16,25H,5,14-15H2,(H,24,26). The molecule has 8 heteroatoms. The quantitative estimate of drug-likeness (QED) is 0.435. The van der Waals surface area contributed by atoms with Crippen LogP contribution in [-0.4, -0.2) is 27.5 Å². The Balaban J connectivity index is 1.52. The number of halogens is 1. The average molecular weight is 489 g/mol. The highest BCUT2D eigenvalue weighted by Gasteiger charge is 2.15. The van der Waals surface area contributed by atoms with Crippen molar-refractivity contribution < 1.29 is 17.9 Å². The molecule has 0 atom stereocenters. The molecule has 30 heavy (non-hydrogen) atoms. The molecule has 3 aromatic carbocycles. The van der Waals surface area contributed by atoms with Crippen molar-refractivity contribution in [1.82, 2.24) is 5.32 Å². The maximum atomic E-state index is 12.5. The predicted molar refractivity (Wildman–Crippen MR) is 120 cm³/mol. The molecule has 3 aromatic rings. The Kier molecular flexibility index (Phi) is 7.48. The van der Waals surface area contributed by atoms with Gasteiger partial charge in [-0.25, -0.2) is 8.42 Å². The van der Waals surface area contributed by atoms with Crippen molar-refractivity contribution >= 4 is 37.5 Å². The lowest BCUT2D eigenvalue weighted by molar-refractivity contribution is 0.0951. The normalized spacial score (nSPS) is 11.0. The summed E-state index contributed by atoms with van der Waals surface area (Å²) in [6.07, 6.45) is 0.649. The highest BCUT2D eigenvalue weighted by Crippen LogP contribution is 2.19. The first-order valence-electron chi connectivity index (χ1n) is 9.28. The molecule has 0 unspecified atom stereocenters. The van der Waals surface area contributed by atoms with E-state index in [-0.39, 0.29) is 10.8 Å². The summed E-state index contributed by atoms with van der Waals surface area (Å²) in [5.41, 5.74) is 0.688. The third-order valence-corrected chi connectivity index (χ3v) is 6.05. The fourth-order valence-electron chi connectivity index (χ4n) is 2.63. The van der Waals surface area contributed by atoms with Crippen molar-refractivity contribution in [2.45, 2.75) is 11.3 Å². The van der Waals surface area contributed by atoms with Crippen molar-refractivity contribution in [2.24, 2.45) is 0 Å². The Morgan fingerprint density at radius 2 is 1.67 bits per heavy atom. The number of sulfonamides is 1. The van der Waals surface area contributed by atoms with Gasteiger partial charge in [-0.15, -0.1) is 0 Å². The van der Waals surface area contributed by atoms with E-state index in [1.54, 1.807) is 30.3 Å². The molecule has 3 rings (SSSR count). The Labute approximate surface area is 184 Å². The second kappa shape index (κ2) is 10.3. The molecule has 0 saturated heterocycles. The SMILES string of the molecule is O=C(NCCCOc1ccccc1)c1cccc(NS(=O)(=O)c2ccc(Br)cc2)c1. The molecule has 6 nitrogen and oxygen atoms in total. The van der Waals surface area contributed by atoms with Crippen molar-refractivity contribution in [2.75, 3.05) is 17.9 Å². The second-order valence-corrected chi connectivity index (χ2v) is 9.01. The van der Waals surface area contributed by atoms with Gasteiger partial charge in [0.15, 0.2) is 0 Å². The molecule has 0 heterocycles. The van der Waals surface area contributed by atoms with Crippen molar-refractivity contribution in [3.63, 3.8) is 0 Å². The molecular weight excluding hydrogens is 468 g/mol. The van der Waals surface area contributed by atoms with Crippen molar-refractivity contribution in [3.05, 3.63) is 88.9 Å². The van der Waals surface area contributed by atoms with Crippen LogP contribution in [0.3, 0.4) is 0 Å². The lowest BCUT2D eigenvalue weighted by Gasteiger charge is -2.10. The van der Waals surface area contributed by atoms with Crippen LogP contribution in [0.4, 0.5) is 5.69 Å². The summed E-state index contributed by atoms with van der Waals surface area (Å²) < 4.78 is 33.9. The van der Waals surface area contributed by atoms with Crippen LogP contribution in [0.2, 0.25) is 0 Å². The lowest BCUT2D eigenvalue weighted by Crippen LogP contribution is -2.25.